The zero-order valence-electron chi connectivity index (χ0n) is 18.6. The van der Waals surface area contributed by atoms with Gasteiger partial charge in [-0.25, -0.2) is 10.1 Å². The first kappa shape index (κ1) is 21.8. The zero-order valence-corrected chi connectivity index (χ0v) is 18.6. The summed E-state index contributed by atoms with van der Waals surface area (Å²) in [7, 11) is 1.62. The molecule has 0 spiro atoms. The van der Waals surface area contributed by atoms with Crippen LogP contribution in [0.2, 0.25) is 0 Å². The highest BCUT2D eigenvalue weighted by molar-refractivity contribution is 5.94. The topological polar surface area (TPSA) is 97.2 Å². The van der Waals surface area contributed by atoms with Crippen molar-refractivity contribution in [3.05, 3.63) is 89.4 Å². The van der Waals surface area contributed by atoms with E-state index in [1.54, 1.807) is 19.3 Å². The van der Waals surface area contributed by atoms with E-state index in [4.69, 9.17) is 4.74 Å². The third kappa shape index (κ3) is 4.74. The molecule has 0 aliphatic rings. The number of hydrazone groups is 1. The van der Waals surface area contributed by atoms with Crippen LogP contribution in [0.4, 0.5) is 0 Å². The molecule has 166 valence electrons. The standard InChI is InChI=1S/C25H24N6O2/c1-17-24(18(2)31(30-17)20-12-5-4-6-13-20)21-16-22(28-27-21)25(32)29-26-15-9-11-19-10-7-8-14-23(19)33-3/h4-16H,1-3H3,(H,27,28)(H,29,32)/b11-9+,26-15-. The first-order valence-corrected chi connectivity index (χ1v) is 10.4. The SMILES string of the molecule is COc1ccccc1/C=C/C=N\NC(=O)c1cc(-c2c(C)nn(-c3ccccc3)c2C)n[nH]1. The number of aromatic nitrogens is 4. The number of rotatable bonds is 7. The lowest BCUT2D eigenvalue weighted by molar-refractivity contribution is 0.0950. The van der Waals surface area contributed by atoms with Crippen molar-refractivity contribution in [2.75, 3.05) is 7.11 Å². The van der Waals surface area contributed by atoms with Crippen molar-refractivity contribution >= 4 is 18.2 Å². The van der Waals surface area contributed by atoms with E-state index in [0.717, 1.165) is 34.0 Å². The van der Waals surface area contributed by atoms with Crippen molar-refractivity contribution in [2.45, 2.75) is 13.8 Å². The number of para-hydroxylation sites is 2. The molecule has 0 saturated heterocycles. The minimum Gasteiger partial charge on any atom is -0.496 e. The fourth-order valence-electron chi connectivity index (χ4n) is 3.55. The number of carbonyl (C=O) groups is 1. The number of amides is 1. The second kappa shape index (κ2) is 9.78. The van der Waals surface area contributed by atoms with Crippen LogP contribution in [0.3, 0.4) is 0 Å². The van der Waals surface area contributed by atoms with Crippen molar-refractivity contribution < 1.29 is 9.53 Å². The number of carbonyl (C=O) groups excluding carboxylic acids is 1. The van der Waals surface area contributed by atoms with Gasteiger partial charge < -0.3 is 4.74 Å². The summed E-state index contributed by atoms with van der Waals surface area (Å²) in [5.41, 5.74) is 7.99. The van der Waals surface area contributed by atoms with Crippen LogP contribution < -0.4 is 10.2 Å². The van der Waals surface area contributed by atoms with E-state index < -0.39 is 0 Å². The maximum absolute atomic E-state index is 12.5. The Morgan fingerprint density at radius 3 is 2.67 bits per heavy atom. The van der Waals surface area contributed by atoms with Crippen LogP contribution in [-0.2, 0) is 0 Å². The van der Waals surface area contributed by atoms with E-state index in [0.29, 0.717) is 11.4 Å². The van der Waals surface area contributed by atoms with Crippen LogP contribution in [0.5, 0.6) is 5.75 Å². The van der Waals surface area contributed by atoms with Gasteiger partial charge in [0.2, 0.25) is 0 Å². The smallest absolute Gasteiger partial charge is 0.289 e. The first-order valence-electron chi connectivity index (χ1n) is 10.4. The molecule has 2 aromatic heterocycles. The maximum atomic E-state index is 12.5. The minimum absolute atomic E-state index is 0.308. The average molecular weight is 441 g/mol. The number of methoxy groups -OCH3 is 1. The normalized spacial score (nSPS) is 11.4. The maximum Gasteiger partial charge on any atom is 0.289 e. The molecule has 0 aliphatic carbocycles. The van der Waals surface area contributed by atoms with Gasteiger partial charge in [0, 0.05) is 17.3 Å². The van der Waals surface area contributed by atoms with Crippen LogP contribution in [-0.4, -0.2) is 39.2 Å². The molecule has 0 fully saturated rings. The third-order valence-corrected chi connectivity index (χ3v) is 5.11. The molecule has 33 heavy (non-hydrogen) atoms. The molecule has 0 radical (unpaired) electrons. The Balaban J connectivity index is 1.44. The highest BCUT2D eigenvalue weighted by atomic mass is 16.5. The average Bonchev–Trinajstić information content (AvgIpc) is 3.43. The molecule has 0 atom stereocenters. The summed E-state index contributed by atoms with van der Waals surface area (Å²) >= 11 is 0. The molecule has 0 bridgehead atoms. The number of benzene rings is 2. The second-order valence-electron chi connectivity index (χ2n) is 7.28. The predicted octanol–water partition coefficient (Wildman–Crippen LogP) is 4.32. The summed E-state index contributed by atoms with van der Waals surface area (Å²) in [6, 6.07) is 19.2. The van der Waals surface area contributed by atoms with Crippen LogP contribution in [0.1, 0.15) is 27.4 Å². The Labute approximate surface area is 191 Å². The molecule has 4 rings (SSSR count). The Morgan fingerprint density at radius 2 is 1.88 bits per heavy atom. The number of nitrogens with one attached hydrogen (secondary N) is 2. The second-order valence-corrected chi connectivity index (χ2v) is 7.28. The third-order valence-electron chi connectivity index (χ3n) is 5.11. The van der Waals surface area contributed by atoms with Crippen molar-refractivity contribution in [3.63, 3.8) is 0 Å². The van der Waals surface area contributed by atoms with E-state index in [9.17, 15) is 4.79 Å². The van der Waals surface area contributed by atoms with Gasteiger partial charge in [0.15, 0.2) is 0 Å². The van der Waals surface area contributed by atoms with E-state index in [1.165, 1.54) is 6.21 Å². The van der Waals surface area contributed by atoms with Crippen molar-refractivity contribution in [1.82, 2.24) is 25.4 Å². The van der Waals surface area contributed by atoms with Crippen molar-refractivity contribution in [2.24, 2.45) is 5.10 Å². The summed E-state index contributed by atoms with van der Waals surface area (Å²) in [6.45, 7) is 3.91. The molecular weight excluding hydrogens is 416 g/mol. The van der Waals surface area contributed by atoms with Gasteiger partial charge in [-0.2, -0.15) is 15.3 Å². The Morgan fingerprint density at radius 1 is 1.12 bits per heavy atom. The molecule has 0 unspecified atom stereocenters. The minimum atomic E-state index is -0.388. The summed E-state index contributed by atoms with van der Waals surface area (Å²) < 4.78 is 7.17. The van der Waals surface area contributed by atoms with Crippen LogP contribution in [0.15, 0.2) is 71.8 Å². The number of hydrogen-bond acceptors (Lipinski definition) is 5. The first-order chi connectivity index (χ1) is 16.1. The molecule has 0 aliphatic heterocycles. The number of H-pyrrole nitrogens is 1. The number of hydrogen-bond donors (Lipinski definition) is 2. The van der Waals surface area contributed by atoms with Gasteiger partial charge in [-0.15, -0.1) is 0 Å². The van der Waals surface area contributed by atoms with Crippen LogP contribution in [0.25, 0.3) is 23.0 Å². The molecule has 8 nitrogen and oxygen atoms in total. The predicted molar refractivity (Wildman–Crippen MR) is 129 cm³/mol. The number of aromatic amines is 1. The molecular formula is C25H24N6O2. The Hall–Kier alpha value is -4.46. The van der Waals surface area contributed by atoms with Gasteiger partial charge in [-0.1, -0.05) is 36.4 Å². The van der Waals surface area contributed by atoms with Crippen LogP contribution >= 0.6 is 0 Å². The fourth-order valence-corrected chi connectivity index (χ4v) is 3.55. The molecule has 2 N–H and O–H groups in total. The number of nitrogens with zero attached hydrogens (tertiary/aromatic N) is 4. The summed E-state index contributed by atoms with van der Waals surface area (Å²) in [5, 5.41) is 15.7. The van der Waals surface area contributed by atoms with Gasteiger partial charge in [-0.3, -0.25) is 9.89 Å². The lowest BCUT2D eigenvalue weighted by Crippen LogP contribution is -2.17. The molecule has 1 amide bonds. The molecule has 2 heterocycles. The Bertz CT molecular complexity index is 1320. The number of ether oxygens (including phenoxy) is 1. The summed E-state index contributed by atoms with van der Waals surface area (Å²) in [4.78, 5) is 12.5. The highest BCUT2D eigenvalue weighted by Gasteiger charge is 2.18. The summed E-state index contributed by atoms with van der Waals surface area (Å²) in [5.74, 6) is 0.374. The quantitative estimate of drug-likeness (QED) is 0.330. The molecule has 0 saturated carbocycles. The van der Waals surface area contributed by atoms with Crippen molar-refractivity contribution in [1.29, 1.82) is 0 Å². The summed E-state index contributed by atoms with van der Waals surface area (Å²) in [6.07, 6.45) is 5.07. The molecule has 8 heteroatoms. The highest BCUT2D eigenvalue weighted by Crippen LogP contribution is 2.27. The van der Waals surface area contributed by atoms with Gasteiger partial charge in [0.1, 0.15) is 11.4 Å². The lowest BCUT2D eigenvalue weighted by atomic mass is 10.1. The van der Waals surface area contributed by atoms with Gasteiger partial charge >= 0.3 is 0 Å². The van der Waals surface area contributed by atoms with E-state index in [2.05, 4.69) is 25.8 Å². The van der Waals surface area contributed by atoms with E-state index >= 15 is 0 Å². The number of allylic oxidation sites excluding steroid dienone is 1. The van der Waals surface area contributed by atoms with Gasteiger partial charge in [0.25, 0.3) is 5.91 Å². The zero-order chi connectivity index (χ0) is 23.2. The van der Waals surface area contributed by atoms with Crippen LogP contribution in [0, 0.1) is 13.8 Å². The van der Waals surface area contributed by atoms with E-state index in [-0.39, 0.29) is 5.91 Å². The lowest BCUT2D eigenvalue weighted by Gasteiger charge is -2.04. The van der Waals surface area contributed by atoms with Crippen molar-refractivity contribution in [3.8, 4) is 22.7 Å². The van der Waals surface area contributed by atoms with Gasteiger partial charge in [-0.05, 0) is 50.3 Å². The Kier molecular flexibility index (Phi) is 6.45. The molecule has 4 aromatic rings. The number of aryl methyl sites for hydroxylation is 1. The largest absolute Gasteiger partial charge is 0.496 e. The molecule has 2 aromatic carbocycles. The monoisotopic (exact) mass is 440 g/mol. The van der Waals surface area contributed by atoms with Gasteiger partial charge in [0.05, 0.1) is 29.9 Å². The van der Waals surface area contributed by atoms with E-state index in [1.807, 2.05) is 79.2 Å². The fraction of sp³-hybridized carbons (Fsp3) is 0.120.